The molecule has 1 aliphatic heterocycles. The molecule has 0 spiro atoms. The van der Waals surface area contributed by atoms with Crippen molar-refractivity contribution in [3.63, 3.8) is 0 Å². The van der Waals surface area contributed by atoms with Gasteiger partial charge in [-0.2, -0.15) is 0 Å². The highest BCUT2D eigenvalue weighted by Gasteiger charge is 2.60. The van der Waals surface area contributed by atoms with Gasteiger partial charge in [0, 0.05) is 0 Å². The number of epoxide rings is 1. The first kappa shape index (κ1) is 13.0. The first-order chi connectivity index (χ1) is 9.59. The number of aryl methyl sites for hydroxylation is 2. The molecule has 2 unspecified atom stereocenters. The Morgan fingerprint density at radius 1 is 1.10 bits per heavy atom. The molecular weight excluding hydrogens is 255 g/mol. The standard InChI is InChI=1S/C17H15FO2/c1-11-5-3-4-6-14(11)17(16(10-19)20-17)15-8-7-13(18)9-12(15)2/h3-10,16H,1-2H3. The van der Waals surface area contributed by atoms with Crippen LogP contribution >= 0.6 is 0 Å². The summed E-state index contributed by atoms with van der Waals surface area (Å²) in [6, 6.07) is 12.4. The predicted octanol–water partition coefficient (Wildman–Crippen LogP) is 3.28. The second-order valence-electron chi connectivity index (χ2n) is 5.18. The van der Waals surface area contributed by atoms with Crippen molar-refractivity contribution >= 4 is 6.29 Å². The van der Waals surface area contributed by atoms with Crippen molar-refractivity contribution in [2.45, 2.75) is 25.6 Å². The van der Waals surface area contributed by atoms with E-state index in [1.165, 1.54) is 12.1 Å². The van der Waals surface area contributed by atoms with Gasteiger partial charge >= 0.3 is 0 Å². The molecule has 0 N–H and O–H groups in total. The zero-order chi connectivity index (χ0) is 14.3. The molecule has 2 aromatic rings. The van der Waals surface area contributed by atoms with Crippen molar-refractivity contribution in [3.8, 4) is 0 Å². The number of rotatable bonds is 3. The Morgan fingerprint density at radius 3 is 2.40 bits per heavy atom. The lowest BCUT2D eigenvalue weighted by Crippen LogP contribution is -2.18. The van der Waals surface area contributed by atoms with E-state index < -0.39 is 11.7 Å². The molecule has 0 aromatic heterocycles. The van der Waals surface area contributed by atoms with Gasteiger partial charge in [-0.3, -0.25) is 0 Å². The van der Waals surface area contributed by atoms with Gasteiger partial charge in [-0.1, -0.05) is 30.3 Å². The third-order valence-electron chi connectivity index (χ3n) is 3.91. The van der Waals surface area contributed by atoms with E-state index in [1.807, 2.05) is 38.1 Å². The molecule has 102 valence electrons. The number of hydrogen-bond acceptors (Lipinski definition) is 2. The van der Waals surface area contributed by atoms with Gasteiger partial charge < -0.3 is 9.53 Å². The maximum absolute atomic E-state index is 13.3. The van der Waals surface area contributed by atoms with Crippen molar-refractivity contribution in [3.05, 3.63) is 70.5 Å². The SMILES string of the molecule is Cc1ccccc1C1(c2ccc(F)cc2C)OC1C=O. The van der Waals surface area contributed by atoms with Gasteiger partial charge in [0.2, 0.25) is 0 Å². The molecule has 2 nitrogen and oxygen atoms in total. The lowest BCUT2D eigenvalue weighted by molar-refractivity contribution is -0.108. The molecule has 20 heavy (non-hydrogen) atoms. The highest BCUT2D eigenvalue weighted by molar-refractivity contribution is 5.69. The maximum atomic E-state index is 13.3. The lowest BCUT2D eigenvalue weighted by Gasteiger charge is -2.18. The lowest BCUT2D eigenvalue weighted by atomic mass is 9.83. The van der Waals surface area contributed by atoms with Crippen LogP contribution in [0, 0.1) is 19.7 Å². The van der Waals surface area contributed by atoms with Crippen LogP contribution in [0.1, 0.15) is 22.3 Å². The molecule has 0 radical (unpaired) electrons. The smallest absolute Gasteiger partial charge is 0.153 e. The van der Waals surface area contributed by atoms with Crippen LogP contribution in [0.5, 0.6) is 0 Å². The zero-order valence-corrected chi connectivity index (χ0v) is 11.4. The molecule has 0 bridgehead atoms. The van der Waals surface area contributed by atoms with Crippen molar-refractivity contribution in [1.82, 2.24) is 0 Å². The highest BCUT2D eigenvalue weighted by Crippen LogP contribution is 2.52. The van der Waals surface area contributed by atoms with E-state index in [1.54, 1.807) is 6.07 Å². The van der Waals surface area contributed by atoms with E-state index in [4.69, 9.17) is 4.74 Å². The fourth-order valence-electron chi connectivity index (χ4n) is 2.90. The van der Waals surface area contributed by atoms with Crippen LogP contribution in [0.2, 0.25) is 0 Å². The van der Waals surface area contributed by atoms with Crippen LogP contribution in [-0.4, -0.2) is 12.4 Å². The van der Waals surface area contributed by atoms with Crippen LogP contribution in [-0.2, 0) is 15.1 Å². The fourth-order valence-corrected chi connectivity index (χ4v) is 2.90. The summed E-state index contributed by atoms with van der Waals surface area (Å²) in [7, 11) is 0. The Bertz CT molecular complexity index is 680. The van der Waals surface area contributed by atoms with Crippen molar-refractivity contribution < 1.29 is 13.9 Å². The van der Waals surface area contributed by atoms with Gasteiger partial charge in [-0.15, -0.1) is 0 Å². The number of benzene rings is 2. The summed E-state index contributed by atoms with van der Waals surface area (Å²) in [5, 5.41) is 0. The second-order valence-corrected chi connectivity index (χ2v) is 5.18. The summed E-state index contributed by atoms with van der Waals surface area (Å²) in [5.74, 6) is -0.283. The second kappa shape index (κ2) is 4.53. The first-order valence-electron chi connectivity index (χ1n) is 6.55. The Morgan fingerprint density at radius 2 is 1.80 bits per heavy atom. The normalized spacial score (nSPS) is 24.4. The number of ether oxygens (including phenoxy) is 1. The zero-order valence-electron chi connectivity index (χ0n) is 11.4. The summed E-state index contributed by atoms with van der Waals surface area (Å²) in [4.78, 5) is 11.2. The first-order valence-corrected chi connectivity index (χ1v) is 6.55. The summed E-state index contributed by atoms with van der Waals surface area (Å²) in [6.45, 7) is 3.82. The molecular formula is C17H15FO2. The fraction of sp³-hybridized carbons (Fsp3) is 0.235. The Kier molecular flexibility index (Phi) is 2.94. The molecule has 1 fully saturated rings. The van der Waals surface area contributed by atoms with E-state index in [0.717, 1.165) is 28.5 Å². The minimum atomic E-state index is -0.759. The van der Waals surface area contributed by atoms with Gasteiger partial charge in [0.05, 0.1) is 0 Å². The van der Waals surface area contributed by atoms with Gasteiger partial charge in [-0.25, -0.2) is 4.39 Å². The molecule has 0 aliphatic carbocycles. The van der Waals surface area contributed by atoms with Crippen molar-refractivity contribution in [2.75, 3.05) is 0 Å². The monoisotopic (exact) mass is 270 g/mol. The molecule has 3 rings (SSSR count). The van der Waals surface area contributed by atoms with E-state index >= 15 is 0 Å². The number of carbonyl (C=O) groups excluding carboxylic acids is 1. The Hall–Kier alpha value is -2.00. The average Bonchev–Trinajstić information content (AvgIpc) is 3.14. The van der Waals surface area contributed by atoms with Crippen LogP contribution in [0.25, 0.3) is 0 Å². The van der Waals surface area contributed by atoms with Crippen molar-refractivity contribution in [2.24, 2.45) is 0 Å². The number of halogens is 1. The summed E-state index contributed by atoms with van der Waals surface area (Å²) < 4.78 is 19.0. The molecule has 1 heterocycles. The molecule has 0 saturated carbocycles. The van der Waals surface area contributed by atoms with Crippen molar-refractivity contribution in [1.29, 1.82) is 0 Å². The summed E-state index contributed by atoms with van der Waals surface area (Å²) in [5.41, 5.74) is 2.90. The third kappa shape index (κ3) is 1.78. The topological polar surface area (TPSA) is 29.6 Å². The number of carbonyl (C=O) groups is 1. The highest BCUT2D eigenvalue weighted by atomic mass is 19.1. The van der Waals surface area contributed by atoms with Gasteiger partial charge in [-0.05, 0) is 48.2 Å². The van der Waals surface area contributed by atoms with Gasteiger partial charge in [0.1, 0.15) is 5.82 Å². The van der Waals surface area contributed by atoms with Crippen LogP contribution in [0.4, 0.5) is 4.39 Å². The maximum Gasteiger partial charge on any atom is 0.153 e. The molecule has 2 aromatic carbocycles. The van der Waals surface area contributed by atoms with E-state index in [-0.39, 0.29) is 5.82 Å². The minimum absolute atomic E-state index is 0.283. The molecule has 0 amide bonds. The van der Waals surface area contributed by atoms with Crippen LogP contribution < -0.4 is 0 Å². The van der Waals surface area contributed by atoms with Crippen LogP contribution in [0.15, 0.2) is 42.5 Å². The molecule has 3 heteroatoms. The number of hydrogen-bond donors (Lipinski definition) is 0. The molecule has 2 atom stereocenters. The summed E-state index contributed by atoms with van der Waals surface area (Å²) >= 11 is 0. The van der Waals surface area contributed by atoms with E-state index in [9.17, 15) is 9.18 Å². The van der Waals surface area contributed by atoms with Gasteiger partial charge in [0.15, 0.2) is 18.0 Å². The molecule has 1 aliphatic rings. The Balaban J connectivity index is 2.20. The predicted molar refractivity (Wildman–Crippen MR) is 74.0 cm³/mol. The quantitative estimate of drug-likeness (QED) is 0.632. The van der Waals surface area contributed by atoms with E-state index in [0.29, 0.717) is 0 Å². The van der Waals surface area contributed by atoms with Crippen LogP contribution in [0.3, 0.4) is 0 Å². The minimum Gasteiger partial charge on any atom is -0.348 e. The third-order valence-corrected chi connectivity index (χ3v) is 3.91. The summed E-state index contributed by atoms with van der Waals surface area (Å²) in [6.07, 6.45) is 0.308. The number of aldehydes is 1. The molecule has 1 saturated heterocycles. The Labute approximate surface area is 117 Å². The largest absolute Gasteiger partial charge is 0.348 e. The van der Waals surface area contributed by atoms with Gasteiger partial charge in [0.25, 0.3) is 0 Å². The van der Waals surface area contributed by atoms with E-state index in [2.05, 4.69) is 0 Å². The average molecular weight is 270 g/mol.